The maximum atomic E-state index is 13.3. The van der Waals surface area contributed by atoms with Gasteiger partial charge in [0.05, 0.1) is 10.9 Å². The van der Waals surface area contributed by atoms with Crippen LogP contribution in [-0.4, -0.2) is 4.98 Å². The minimum atomic E-state index is -4.70. The van der Waals surface area contributed by atoms with Gasteiger partial charge >= 0.3 is 6.18 Å². The second-order valence-corrected chi connectivity index (χ2v) is 3.19. The summed E-state index contributed by atoms with van der Waals surface area (Å²) < 4.78 is 50.9. The van der Waals surface area contributed by atoms with E-state index in [0.29, 0.717) is 6.20 Å². The van der Waals surface area contributed by atoms with E-state index in [1.54, 1.807) is 0 Å². The standard InChI is InChI=1S/C10H5F4NO/c11-7-3-1-2-5-8(7)6(10(12,13)14)4-15-9(5)16/h1-4H,(H,15,16). The number of hydrogen-bond acceptors (Lipinski definition) is 1. The number of pyridine rings is 1. The minimum Gasteiger partial charge on any atom is -0.328 e. The van der Waals surface area contributed by atoms with Crippen molar-refractivity contribution in [3.63, 3.8) is 0 Å². The van der Waals surface area contributed by atoms with Gasteiger partial charge in [0, 0.05) is 11.6 Å². The summed E-state index contributed by atoms with van der Waals surface area (Å²) in [5.41, 5.74) is -1.93. The number of benzene rings is 1. The molecular formula is C10H5F4NO. The van der Waals surface area contributed by atoms with Crippen molar-refractivity contribution >= 4 is 10.8 Å². The topological polar surface area (TPSA) is 32.9 Å². The molecule has 0 unspecified atom stereocenters. The van der Waals surface area contributed by atoms with Gasteiger partial charge in [-0.25, -0.2) is 4.39 Å². The zero-order chi connectivity index (χ0) is 11.9. The summed E-state index contributed by atoms with van der Waals surface area (Å²) in [7, 11) is 0. The Bertz CT molecular complexity index is 600. The highest BCUT2D eigenvalue weighted by atomic mass is 19.4. The van der Waals surface area contributed by atoms with Crippen LogP contribution in [0.2, 0.25) is 0 Å². The van der Waals surface area contributed by atoms with Crippen molar-refractivity contribution in [1.82, 2.24) is 4.98 Å². The molecule has 0 saturated heterocycles. The van der Waals surface area contributed by atoms with Gasteiger partial charge in [0.2, 0.25) is 0 Å². The van der Waals surface area contributed by atoms with Crippen LogP contribution in [0.25, 0.3) is 10.8 Å². The van der Waals surface area contributed by atoms with Crippen molar-refractivity contribution in [1.29, 1.82) is 0 Å². The Labute approximate surface area is 86.5 Å². The predicted molar refractivity (Wildman–Crippen MR) is 49.5 cm³/mol. The van der Waals surface area contributed by atoms with Gasteiger partial charge in [0.15, 0.2) is 0 Å². The van der Waals surface area contributed by atoms with Crippen LogP contribution < -0.4 is 5.56 Å². The third kappa shape index (κ3) is 1.56. The normalized spacial score (nSPS) is 12.0. The lowest BCUT2D eigenvalue weighted by atomic mass is 10.1. The van der Waals surface area contributed by atoms with Crippen molar-refractivity contribution < 1.29 is 17.6 Å². The molecule has 1 aromatic carbocycles. The van der Waals surface area contributed by atoms with Gasteiger partial charge in [-0.15, -0.1) is 0 Å². The molecule has 2 rings (SSSR count). The number of nitrogens with one attached hydrogen (secondary N) is 1. The number of rotatable bonds is 0. The van der Waals surface area contributed by atoms with E-state index in [-0.39, 0.29) is 5.39 Å². The predicted octanol–water partition coefficient (Wildman–Crippen LogP) is 2.69. The second-order valence-electron chi connectivity index (χ2n) is 3.19. The zero-order valence-corrected chi connectivity index (χ0v) is 7.73. The lowest BCUT2D eigenvalue weighted by Crippen LogP contribution is -2.14. The van der Waals surface area contributed by atoms with Crippen LogP contribution in [0.15, 0.2) is 29.2 Å². The lowest BCUT2D eigenvalue weighted by molar-refractivity contribution is -0.136. The third-order valence-corrected chi connectivity index (χ3v) is 2.18. The largest absolute Gasteiger partial charge is 0.418 e. The van der Waals surface area contributed by atoms with Crippen LogP contribution in [0.4, 0.5) is 17.6 Å². The van der Waals surface area contributed by atoms with Crippen LogP contribution in [0.5, 0.6) is 0 Å². The summed E-state index contributed by atoms with van der Waals surface area (Å²) >= 11 is 0. The van der Waals surface area contributed by atoms with Gasteiger partial charge in [-0.05, 0) is 12.1 Å². The van der Waals surface area contributed by atoms with Crippen molar-refractivity contribution in [3.05, 3.63) is 46.1 Å². The van der Waals surface area contributed by atoms with Gasteiger partial charge in [-0.3, -0.25) is 4.79 Å². The number of aromatic nitrogens is 1. The number of H-pyrrole nitrogens is 1. The van der Waals surface area contributed by atoms with Gasteiger partial charge in [0.25, 0.3) is 5.56 Å². The first-order valence-electron chi connectivity index (χ1n) is 4.28. The SMILES string of the molecule is O=c1[nH]cc(C(F)(F)F)c2c(F)cccc12. The zero-order valence-electron chi connectivity index (χ0n) is 7.73. The molecule has 0 fully saturated rings. The van der Waals surface area contributed by atoms with Crippen LogP contribution >= 0.6 is 0 Å². The fraction of sp³-hybridized carbons (Fsp3) is 0.100. The lowest BCUT2D eigenvalue weighted by Gasteiger charge is -2.09. The summed E-state index contributed by atoms with van der Waals surface area (Å²) in [5, 5.41) is -1.01. The van der Waals surface area contributed by atoms with E-state index in [1.807, 2.05) is 4.98 Å². The Hall–Kier alpha value is -1.85. The molecule has 2 nitrogen and oxygen atoms in total. The van der Waals surface area contributed by atoms with Crippen LogP contribution in [0.1, 0.15) is 5.56 Å². The quantitative estimate of drug-likeness (QED) is 0.694. The molecule has 0 atom stereocenters. The Kier molecular flexibility index (Phi) is 2.22. The van der Waals surface area contributed by atoms with Gasteiger partial charge in [-0.2, -0.15) is 13.2 Å². The molecule has 0 aliphatic carbocycles. The smallest absolute Gasteiger partial charge is 0.328 e. The maximum absolute atomic E-state index is 13.3. The summed E-state index contributed by atoms with van der Waals surface area (Å²) in [6.07, 6.45) is -4.22. The Morgan fingerprint density at radius 3 is 2.50 bits per heavy atom. The maximum Gasteiger partial charge on any atom is 0.418 e. The molecule has 0 spiro atoms. The Morgan fingerprint density at radius 1 is 1.19 bits per heavy atom. The summed E-state index contributed by atoms with van der Waals surface area (Å²) in [4.78, 5) is 13.2. The fourth-order valence-corrected chi connectivity index (χ4v) is 1.50. The highest BCUT2D eigenvalue weighted by Gasteiger charge is 2.34. The summed E-state index contributed by atoms with van der Waals surface area (Å²) in [5.74, 6) is -1.06. The van der Waals surface area contributed by atoms with E-state index < -0.39 is 28.5 Å². The third-order valence-electron chi connectivity index (χ3n) is 2.18. The monoisotopic (exact) mass is 231 g/mol. The van der Waals surface area contributed by atoms with Gasteiger partial charge < -0.3 is 4.98 Å². The van der Waals surface area contributed by atoms with Gasteiger partial charge in [0.1, 0.15) is 5.82 Å². The van der Waals surface area contributed by atoms with Crippen molar-refractivity contribution in [2.24, 2.45) is 0 Å². The molecule has 2 aromatic rings. The molecule has 0 amide bonds. The first-order valence-corrected chi connectivity index (χ1v) is 4.28. The first-order chi connectivity index (χ1) is 7.41. The van der Waals surface area contributed by atoms with Crippen LogP contribution in [0.3, 0.4) is 0 Å². The molecule has 1 N–H and O–H groups in total. The summed E-state index contributed by atoms with van der Waals surface area (Å²) in [6, 6.07) is 3.22. The number of aromatic amines is 1. The number of hydrogen-bond donors (Lipinski definition) is 1. The highest BCUT2D eigenvalue weighted by molar-refractivity contribution is 5.85. The van der Waals surface area contributed by atoms with Gasteiger partial charge in [-0.1, -0.05) is 6.07 Å². The molecule has 0 bridgehead atoms. The average molecular weight is 231 g/mol. The van der Waals surface area contributed by atoms with E-state index in [9.17, 15) is 22.4 Å². The van der Waals surface area contributed by atoms with Crippen molar-refractivity contribution in [2.75, 3.05) is 0 Å². The van der Waals surface area contributed by atoms with Crippen molar-refractivity contribution in [3.8, 4) is 0 Å². The molecule has 0 saturated carbocycles. The highest BCUT2D eigenvalue weighted by Crippen LogP contribution is 2.34. The molecule has 84 valence electrons. The van der Waals surface area contributed by atoms with Crippen LogP contribution in [0, 0.1) is 5.82 Å². The molecular weight excluding hydrogens is 226 g/mol. The molecule has 16 heavy (non-hydrogen) atoms. The minimum absolute atomic E-state index is 0.310. The van der Waals surface area contributed by atoms with E-state index in [2.05, 4.69) is 0 Å². The fourth-order valence-electron chi connectivity index (χ4n) is 1.50. The number of halogens is 4. The molecule has 1 heterocycles. The molecule has 0 aliphatic heterocycles. The van der Waals surface area contributed by atoms with Crippen LogP contribution in [-0.2, 0) is 6.18 Å². The Balaban J connectivity index is 2.98. The molecule has 0 aliphatic rings. The van der Waals surface area contributed by atoms with E-state index in [0.717, 1.165) is 12.1 Å². The average Bonchev–Trinajstić information content (AvgIpc) is 2.18. The first kappa shape index (κ1) is 10.7. The van der Waals surface area contributed by atoms with E-state index in [4.69, 9.17) is 0 Å². The Morgan fingerprint density at radius 2 is 1.88 bits per heavy atom. The molecule has 1 aromatic heterocycles. The summed E-state index contributed by atoms with van der Waals surface area (Å²) in [6.45, 7) is 0. The molecule has 6 heteroatoms. The van der Waals surface area contributed by atoms with E-state index in [1.165, 1.54) is 6.07 Å². The molecule has 0 radical (unpaired) electrons. The number of fused-ring (bicyclic) bond motifs is 1. The van der Waals surface area contributed by atoms with Crippen molar-refractivity contribution in [2.45, 2.75) is 6.18 Å². The number of alkyl halides is 3. The van der Waals surface area contributed by atoms with E-state index >= 15 is 0 Å². The second kappa shape index (κ2) is 3.33.